The van der Waals surface area contributed by atoms with E-state index in [4.69, 9.17) is 47.4 Å². The predicted octanol–water partition coefficient (Wildman–Crippen LogP) is 13.0. The molecule has 2 aromatic carbocycles. The Bertz CT molecular complexity index is 1500. The third-order valence-corrected chi connectivity index (χ3v) is 11.9. The lowest BCUT2D eigenvalue weighted by molar-refractivity contribution is 0.0445. The molecule has 0 radical (unpaired) electrons. The van der Waals surface area contributed by atoms with Crippen molar-refractivity contribution in [3.05, 3.63) is 46.5 Å². The van der Waals surface area contributed by atoms with Gasteiger partial charge in [0.1, 0.15) is 26.4 Å². The molecular formula is C56H88O14. The van der Waals surface area contributed by atoms with Crippen LogP contribution in [0.15, 0.2) is 24.3 Å². The summed E-state index contributed by atoms with van der Waals surface area (Å²) < 4.78 is 59.0. The SMILES string of the molecule is CCCCCCCCOC(=O)c1cc2c(cc1C(=O)OCCCCCCCC)OCCOCCOc1cc(C(=O)OCCCCCCCC)c(C(=O)OCCCCCCCC)cc1OCCOCCO2. The highest BCUT2D eigenvalue weighted by atomic mass is 16.6. The van der Waals surface area contributed by atoms with Crippen LogP contribution in [0.4, 0.5) is 0 Å². The van der Waals surface area contributed by atoms with Gasteiger partial charge in [-0.1, -0.05) is 156 Å². The molecule has 1 heterocycles. The molecule has 2 aromatic rings. The number of rotatable bonds is 32. The van der Waals surface area contributed by atoms with Crippen molar-refractivity contribution in [1.82, 2.24) is 0 Å². The summed E-state index contributed by atoms with van der Waals surface area (Å²) >= 11 is 0. The van der Waals surface area contributed by atoms with Gasteiger partial charge in [0.05, 0.1) is 75.1 Å². The Kier molecular flexibility index (Phi) is 33.4. The fourth-order valence-corrected chi connectivity index (χ4v) is 7.79. The summed E-state index contributed by atoms with van der Waals surface area (Å²) in [5.41, 5.74) is 0.128. The van der Waals surface area contributed by atoms with Crippen LogP contribution < -0.4 is 18.9 Å². The van der Waals surface area contributed by atoms with Crippen LogP contribution in [0.1, 0.15) is 223 Å². The van der Waals surface area contributed by atoms with Crippen LogP contribution in [0.3, 0.4) is 0 Å². The third kappa shape index (κ3) is 25.0. The maximum absolute atomic E-state index is 13.6. The molecule has 0 bridgehead atoms. The highest BCUT2D eigenvalue weighted by Gasteiger charge is 2.26. The summed E-state index contributed by atoms with van der Waals surface area (Å²) in [7, 11) is 0. The Morgan fingerprint density at radius 1 is 0.314 bits per heavy atom. The number of esters is 4. The molecule has 1 aliphatic rings. The van der Waals surface area contributed by atoms with E-state index in [9.17, 15) is 19.2 Å². The number of unbranched alkanes of at least 4 members (excludes halogenated alkanes) is 20. The van der Waals surface area contributed by atoms with Crippen LogP contribution >= 0.6 is 0 Å². The van der Waals surface area contributed by atoms with Gasteiger partial charge >= 0.3 is 23.9 Å². The summed E-state index contributed by atoms with van der Waals surface area (Å²) in [4.78, 5) is 54.4. The summed E-state index contributed by atoms with van der Waals surface area (Å²) in [5, 5.41) is 0. The molecule has 0 fully saturated rings. The van der Waals surface area contributed by atoms with Crippen molar-refractivity contribution in [2.45, 2.75) is 182 Å². The Balaban J connectivity index is 1.77. The molecule has 0 saturated heterocycles. The van der Waals surface area contributed by atoms with E-state index in [1.807, 2.05) is 0 Å². The van der Waals surface area contributed by atoms with Crippen LogP contribution in [0.25, 0.3) is 0 Å². The first-order valence-electron chi connectivity index (χ1n) is 27.1. The summed E-state index contributed by atoms with van der Waals surface area (Å²) in [6, 6.07) is 5.90. The second-order valence-electron chi connectivity index (χ2n) is 17.9. The molecular weight excluding hydrogens is 897 g/mol. The van der Waals surface area contributed by atoms with Crippen molar-refractivity contribution in [3.63, 3.8) is 0 Å². The van der Waals surface area contributed by atoms with Gasteiger partial charge in [-0.3, -0.25) is 0 Å². The number of carbonyl (C=O) groups excluding carboxylic acids is 4. The highest BCUT2D eigenvalue weighted by molar-refractivity contribution is 6.05. The molecule has 0 spiro atoms. The molecule has 0 saturated carbocycles. The standard InChI is InChI=1S/C56H88O14/c1-5-9-13-17-21-25-29-67-53(57)45-41-49-50(42-46(45)54(58)68-30-26-22-18-14-10-6-2)64-38-34-62-36-40-66-52-44-48(56(60)70-32-28-24-20-16-12-8-4)47(43-51(52)65-39-35-61-33-37-63-49)55(59)69-31-27-23-19-15-11-7-3/h41-44H,5-40H2,1-4H3. The Hall–Kier alpha value is -4.56. The molecule has 0 atom stereocenters. The van der Waals surface area contributed by atoms with E-state index in [2.05, 4.69) is 27.7 Å². The molecule has 1 aliphatic heterocycles. The number of hydrogen-bond donors (Lipinski definition) is 0. The fraction of sp³-hybridized carbons (Fsp3) is 0.714. The lowest BCUT2D eigenvalue weighted by atomic mass is 10.1. The van der Waals surface area contributed by atoms with Gasteiger partial charge in [0.25, 0.3) is 0 Å². The lowest BCUT2D eigenvalue weighted by Gasteiger charge is -2.18. The molecule has 3 rings (SSSR count). The maximum Gasteiger partial charge on any atom is 0.339 e. The lowest BCUT2D eigenvalue weighted by Crippen LogP contribution is -2.19. The molecule has 14 heteroatoms. The van der Waals surface area contributed by atoms with Gasteiger partial charge in [-0.2, -0.15) is 0 Å². The van der Waals surface area contributed by atoms with Crippen LogP contribution in [0, 0.1) is 0 Å². The van der Waals surface area contributed by atoms with E-state index >= 15 is 0 Å². The van der Waals surface area contributed by atoms with Gasteiger partial charge in [-0.05, 0) is 49.9 Å². The molecule has 0 unspecified atom stereocenters. The smallest absolute Gasteiger partial charge is 0.339 e. The molecule has 0 aromatic heterocycles. The van der Waals surface area contributed by atoms with Gasteiger partial charge in [0.2, 0.25) is 0 Å². The highest BCUT2D eigenvalue weighted by Crippen LogP contribution is 2.34. The van der Waals surface area contributed by atoms with Gasteiger partial charge in [-0.25, -0.2) is 19.2 Å². The monoisotopic (exact) mass is 985 g/mol. The van der Waals surface area contributed by atoms with E-state index < -0.39 is 23.9 Å². The van der Waals surface area contributed by atoms with E-state index in [-0.39, 0.29) is 125 Å². The summed E-state index contributed by atoms with van der Waals surface area (Å²) in [6.45, 7) is 10.4. The zero-order valence-corrected chi connectivity index (χ0v) is 43.5. The quantitative estimate of drug-likeness (QED) is 0.0387. The van der Waals surface area contributed by atoms with Crippen LogP contribution in [-0.2, 0) is 28.4 Å². The molecule has 0 amide bonds. The van der Waals surface area contributed by atoms with Crippen molar-refractivity contribution in [2.24, 2.45) is 0 Å². The predicted molar refractivity (Wildman–Crippen MR) is 271 cm³/mol. The second kappa shape index (κ2) is 39.1. The minimum atomic E-state index is -0.644. The summed E-state index contributed by atoms with van der Waals surface area (Å²) in [5.74, 6) is -1.65. The minimum Gasteiger partial charge on any atom is -0.487 e. The van der Waals surface area contributed by atoms with Crippen LogP contribution in [0.5, 0.6) is 23.0 Å². The van der Waals surface area contributed by atoms with E-state index in [0.717, 1.165) is 128 Å². The first-order valence-corrected chi connectivity index (χ1v) is 27.1. The average Bonchev–Trinajstić information content (AvgIpc) is 3.36. The number of fused-ring (bicyclic) bond motifs is 2. The van der Waals surface area contributed by atoms with Gasteiger partial charge in [0.15, 0.2) is 23.0 Å². The van der Waals surface area contributed by atoms with E-state index in [1.165, 1.54) is 49.9 Å². The number of hydrogen-bond acceptors (Lipinski definition) is 14. The molecule has 396 valence electrons. The van der Waals surface area contributed by atoms with Crippen molar-refractivity contribution in [3.8, 4) is 23.0 Å². The number of benzene rings is 2. The van der Waals surface area contributed by atoms with Crippen molar-refractivity contribution in [1.29, 1.82) is 0 Å². The Morgan fingerprint density at radius 2 is 0.514 bits per heavy atom. The second-order valence-corrected chi connectivity index (χ2v) is 17.9. The first kappa shape index (κ1) is 59.7. The first-order chi connectivity index (χ1) is 34.3. The molecule has 0 aliphatic carbocycles. The van der Waals surface area contributed by atoms with Crippen molar-refractivity contribution >= 4 is 23.9 Å². The Morgan fingerprint density at radius 3 is 0.729 bits per heavy atom. The summed E-state index contributed by atoms with van der Waals surface area (Å²) in [6.07, 6.45) is 24.8. The molecule has 14 nitrogen and oxygen atoms in total. The van der Waals surface area contributed by atoms with Gasteiger partial charge in [-0.15, -0.1) is 0 Å². The van der Waals surface area contributed by atoms with Crippen molar-refractivity contribution < 1.29 is 66.5 Å². The minimum absolute atomic E-state index is 0.0321. The van der Waals surface area contributed by atoms with Crippen LogP contribution in [-0.4, -0.2) is 103 Å². The topological polar surface area (TPSA) is 161 Å². The van der Waals surface area contributed by atoms with Crippen molar-refractivity contribution in [2.75, 3.05) is 79.3 Å². The number of carbonyl (C=O) groups is 4. The van der Waals surface area contributed by atoms with Crippen LogP contribution in [0.2, 0.25) is 0 Å². The largest absolute Gasteiger partial charge is 0.487 e. The fourth-order valence-electron chi connectivity index (χ4n) is 7.79. The van der Waals surface area contributed by atoms with Gasteiger partial charge in [0, 0.05) is 0 Å². The molecule has 0 N–H and O–H groups in total. The average molecular weight is 985 g/mol. The van der Waals surface area contributed by atoms with E-state index in [1.54, 1.807) is 0 Å². The normalized spacial score (nSPS) is 13.4. The third-order valence-electron chi connectivity index (χ3n) is 11.9. The number of ether oxygens (including phenoxy) is 10. The van der Waals surface area contributed by atoms with Gasteiger partial charge < -0.3 is 47.4 Å². The zero-order chi connectivity index (χ0) is 50.3. The van der Waals surface area contributed by atoms with E-state index in [0.29, 0.717) is 0 Å². The molecule has 70 heavy (non-hydrogen) atoms. The Labute approximate surface area is 419 Å². The zero-order valence-electron chi connectivity index (χ0n) is 43.5. The maximum atomic E-state index is 13.6.